The highest BCUT2D eigenvalue weighted by atomic mass is 32.2. The first-order chi connectivity index (χ1) is 8.60. The van der Waals surface area contributed by atoms with Gasteiger partial charge in [0, 0.05) is 6.54 Å². The fraction of sp³-hybridized carbons (Fsp3) is 0.909. The van der Waals surface area contributed by atoms with Gasteiger partial charge in [-0.25, -0.2) is 13.1 Å². The number of ether oxygens (including phenoxy) is 2. The maximum absolute atomic E-state index is 11.4. The summed E-state index contributed by atoms with van der Waals surface area (Å²) in [4.78, 5) is 13.1. The third kappa shape index (κ3) is 12.1. The SMILES string of the molecule is CC(C)O[C@@H](CNS(C)(=O)=O)COC(=O)CN(C)C. The Kier molecular flexibility index (Phi) is 8.15. The van der Waals surface area contributed by atoms with E-state index in [4.69, 9.17) is 9.47 Å². The number of nitrogens with zero attached hydrogens (tertiary/aromatic N) is 1. The molecule has 19 heavy (non-hydrogen) atoms. The van der Waals surface area contributed by atoms with Gasteiger partial charge in [-0.15, -0.1) is 0 Å². The van der Waals surface area contributed by atoms with E-state index >= 15 is 0 Å². The zero-order valence-electron chi connectivity index (χ0n) is 12.2. The minimum absolute atomic E-state index is 0.0212. The van der Waals surface area contributed by atoms with E-state index in [-0.39, 0.29) is 31.8 Å². The Bertz CT molecular complexity index is 367. The van der Waals surface area contributed by atoms with Gasteiger partial charge in [0.1, 0.15) is 12.7 Å². The molecule has 0 saturated carbocycles. The Balaban J connectivity index is 4.23. The van der Waals surface area contributed by atoms with E-state index in [0.717, 1.165) is 6.26 Å². The Morgan fingerprint density at radius 2 is 1.89 bits per heavy atom. The van der Waals surface area contributed by atoms with Gasteiger partial charge in [-0.3, -0.25) is 9.69 Å². The van der Waals surface area contributed by atoms with Crippen molar-refractivity contribution >= 4 is 16.0 Å². The lowest BCUT2D eigenvalue weighted by molar-refractivity contribution is -0.149. The van der Waals surface area contributed by atoms with E-state index < -0.39 is 16.1 Å². The smallest absolute Gasteiger partial charge is 0.320 e. The van der Waals surface area contributed by atoms with Crippen LogP contribution in [0.3, 0.4) is 0 Å². The second-order valence-electron chi connectivity index (χ2n) is 4.85. The first-order valence-electron chi connectivity index (χ1n) is 6.00. The van der Waals surface area contributed by atoms with Crippen molar-refractivity contribution in [3.05, 3.63) is 0 Å². The molecule has 7 nitrogen and oxygen atoms in total. The molecule has 8 heteroatoms. The zero-order chi connectivity index (χ0) is 15.1. The maximum Gasteiger partial charge on any atom is 0.320 e. The number of esters is 1. The van der Waals surface area contributed by atoms with Crippen molar-refractivity contribution in [3.63, 3.8) is 0 Å². The number of rotatable bonds is 9. The third-order valence-electron chi connectivity index (χ3n) is 1.91. The summed E-state index contributed by atoms with van der Waals surface area (Å²) in [5, 5.41) is 0. The maximum atomic E-state index is 11.4. The molecule has 0 saturated heterocycles. The molecule has 0 amide bonds. The molecular formula is C11H24N2O5S. The number of carbonyl (C=O) groups is 1. The number of nitrogens with one attached hydrogen (secondary N) is 1. The van der Waals surface area contributed by atoms with E-state index in [1.165, 1.54) is 0 Å². The molecule has 0 fully saturated rings. The quantitative estimate of drug-likeness (QED) is 0.574. The normalized spacial score (nSPS) is 13.8. The van der Waals surface area contributed by atoms with Gasteiger partial charge in [-0.2, -0.15) is 0 Å². The second-order valence-corrected chi connectivity index (χ2v) is 6.68. The number of carbonyl (C=O) groups excluding carboxylic acids is 1. The lowest BCUT2D eigenvalue weighted by atomic mass is 10.3. The predicted octanol–water partition coefficient (Wildman–Crippen LogP) is -0.566. The summed E-state index contributed by atoms with van der Waals surface area (Å²) in [6, 6.07) is 0. The first kappa shape index (κ1) is 18.3. The van der Waals surface area contributed by atoms with Gasteiger partial charge in [0.25, 0.3) is 0 Å². The highest BCUT2D eigenvalue weighted by Crippen LogP contribution is 1.99. The van der Waals surface area contributed by atoms with Gasteiger partial charge in [-0.1, -0.05) is 0 Å². The molecule has 0 heterocycles. The number of sulfonamides is 1. The first-order valence-corrected chi connectivity index (χ1v) is 7.89. The van der Waals surface area contributed by atoms with Crippen LogP contribution in [-0.2, 0) is 24.3 Å². The summed E-state index contributed by atoms with van der Waals surface area (Å²) in [7, 11) is 0.226. The molecular weight excluding hydrogens is 272 g/mol. The number of hydrogen-bond acceptors (Lipinski definition) is 6. The fourth-order valence-corrected chi connectivity index (χ4v) is 1.75. The summed E-state index contributed by atoms with van der Waals surface area (Å²) >= 11 is 0. The van der Waals surface area contributed by atoms with Gasteiger partial charge in [0.05, 0.1) is 18.9 Å². The van der Waals surface area contributed by atoms with Crippen molar-refractivity contribution in [2.75, 3.05) is 40.0 Å². The molecule has 0 aliphatic heterocycles. The Hall–Kier alpha value is -0.700. The van der Waals surface area contributed by atoms with Crippen LogP contribution in [0.5, 0.6) is 0 Å². The van der Waals surface area contributed by atoms with Crippen LogP contribution >= 0.6 is 0 Å². The van der Waals surface area contributed by atoms with Crippen molar-refractivity contribution in [2.45, 2.75) is 26.1 Å². The number of likely N-dealkylation sites (N-methyl/N-ethyl adjacent to an activating group) is 1. The molecule has 0 spiro atoms. The van der Waals surface area contributed by atoms with E-state index in [1.54, 1.807) is 19.0 Å². The van der Waals surface area contributed by atoms with Crippen molar-refractivity contribution in [1.29, 1.82) is 0 Å². The molecule has 0 aromatic carbocycles. The van der Waals surface area contributed by atoms with Crippen LogP contribution < -0.4 is 4.72 Å². The van der Waals surface area contributed by atoms with Crippen LogP contribution in [-0.4, -0.2) is 71.5 Å². The van der Waals surface area contributed by atoms with E-state index in [9.17, 15) is 13.2 Å². The standard InChI is InChI=1S/C11H24N2O5S/c1-9(2)18-10(6-12-19(5,15)16)8-17-11(14)7-13(3)4/h9-10,12H,6-8H2,1-5H3/t10-/m0/s1. The van der Waals surface area contributed by atoms with Crippen LogP contribution in [0.2, 0.25) is 0 Å². The minimum atomic E-state index is -3.29. The average Bonchev–Trinajstić information content (AvgIpc) is 2.19. The van der Waals surface area contributed by atoms with Gasteiger partial charge < -0.3 is 9.47 Å². The van der Waals surface area contributed by atoms with Crippen LogP contribution in [0.25, 0.3) is 0 Å². The van der Waals surface area contributed by atoms with Gasteiger partial charge in [0.15, 0.2) is 0 Å². The average molecular weight is 296 g/mol. The molecule has 0 bridgehead atoms. The third-order valence-corrected chi connectivity index (χ3v) is 2.60. The van der Waals surface area contributed by atoms with E-state index in [1.807, 2.05) is 13.8 Å². The monoisotopic (exact) mass is 296 g/mol. The highest BCUT2D eigenvalue weighted by molar-refractivity contribution is 7.88. The second kappa shape index (κ2) is 8.47. The lowest BCUT2D eigenvalue weighted by Crippen LogP contribution is -2.38. The minimum Gasteiger partial charge on any atom is -0.462 e. The topological polar surface area (TPSA) is 84.9 Å². The van der Waals surface area contributed by atoms with Crippen molar-refractivity contribution in [2.24, 2.45) is 0 Å². The molecule has 0 aliphatic carbocycles. The summed E-state index contributed by atoms with van der Waals surface area (Å²) in [5.74, 6) is -0.373. The van der Waals surface area contributed by atoms with Crippen LogP contribution in [0.15, 0.2) is 0 Å². The zero-order valence-corrected chi connectivity index (χ0v) is 13.0. The van der Waals surface area contributed by atoms with E-state index in [2.05, 4.69) is 4.72 Å². The molecule has 1 N–H and O–H groups in total. The van der Waals surface area contributed by atoms with Crippen molar-refractivity contribution in [1.82, 2.24) is 9.62 Å². The van der Waals surface area contributed by atoms with Gasteiger partial charge >= 0.3 is 5.97 Å². The fourth-order valence-electron chi connectivity index (χ4n) is 1.27. The van der Waals surface area contributed by atoms with Crippen molar-refractivity contribution in [3.8, 4) is 0 Å². The Labute approximate surface area is 115 Å². The van der Waals surface area contributed by atoms with Crippen LogP contribution in [0.1, 0.15) is 13.8 Å². The summed E-state index contributed by atoms with van der Waals surface area (Å²) in [6.07, 6.45) is 0.483. The van der Waals surface area contributed by atoms with Crippen LogP contribution in [0.4, 0.5) is 0 Å². The summed E-state index contributed by atoms with van der Waals surface area (Å²) < 4.78 is 34.9. The number of hydrogen-bond donors (Lipinski definition) is 1. The van der Waals surface area contributed by atoms with E-state index in [0.29, 0.717) is 0 Å². The molecule has 114 valence electrons. The van der Waals surface area contributed by atoms with Crippen molar-refractivity contribution < 1.29 is 22.7 Å². The molecule has 0 unspecified atom stereocenters. The van der Waals surface area contributed by atoms with Gasteiger partial charge in [-0.05, 0) is 27.9 Å². The molecule has 0 aliphatic rings. The Morgan fingerprint density at radius 1 is 1.32 bits per heavy atom. The van der Waals surface area contributed by atoms with Gasteiger partial charge in [0.2, 0.25) is 10.0 Å². The van der Waals surface area contributed by atoms with Crippen LogP contribution in [0, 0.1) is 0 Å². The highest BCUT2D eigenvalue weighted by Gasteiger charge is 2.16. The largest absolute Gasteiger partial charge is 0.462 e. The molecule has 0 aromatic heterocycles. The summed E-state index contributed by atoms with van der Waals surface area (Å²) in [6.45, 7) is 3.93. The molecule has 0 radical (unpaired) electrons. The lowest BCUT2D eigenvalue weighted by Gasteiger charge is -2.20. The Morgan fingerprint density at radius 3 is 2.32 bits per heavy atom. The molecule has 0 aromatic rings. The predicted molar refractivity (Wildman–Crippen MR) is 72.4 cm³/mol. The summed E-state index contributed by atoms with van der Waals surface area (Å²) in [5.41, 5.74) is 0. The molecule has 1 atom stereocenters. The molecule has 0 rings (SSSR count).